The van der Waals surface area contributed by atoms with Crippen LogP contribution < -0.4 is 11.2 Å². The fraction of sp³-hybridized carbons (Fsp3) is 0.389. The van der Waals surface area contributed by atoms with E-state index in [4.69, 9.17) is 34.8 Å². The lowest BCUT2D eigenvalue weighted by Crippen LogP contribution is -2.41. The van der Waals surface area contributed by atoms with Gasteiger partial charge in [-0.15, -0.1) is 11.6 Å². The van der Waals surface area contributed by atoms with Crippen molar-refractivity contribution in [1.29, 1.82) is 0 Å². The Bertz CT molecular complexity index is 951. The third-order valence-electron chi connectivity index (χ3n) is 3.93. The van der Waals surface area contributed by atoms with Crippen molar-refractivity contribution >= 4 is 46.7 Å². The molecule has 146 valence electrons. The predicted octanol–water partition coefficient (Wildman–Crippen LogP) is 4.20. The van der Waals surface area contributed by atoms with E-state index in [1.165, 1.54) is 12.3 Å². The standard InChI is InChI=1S/C18H20Cl3N3O3/c1-2-3-8-23-16(25)13(17(26)24(18(23)27)9-4-7-19)11-22-15-10-12(20)5-6-14(15)21/h5-6,10-11,26H,2-4,7-9H2,1H3. The van der Waals surface area contributed by atoms with Crippen molar-refractivity contribution in [2.75, 3.05) is 5.88 Å². The van der Waals surface area contributed by atoms with Gasteiger partial charge in [-0.05, 0) is 31.0 Å². The summed E-state index contributed by atoms with van der Waals surface area (Å²) >= 11 is 17.7. The van der Waals surface area contributed by atoms with Crippen LogP contribution in [0, 0.1) is 0 Å². The summed E-state index contributed by atoms with van der Waals surface area (Å²) in [7, 11) is 0. The monoisotopic (exact) mass is 431 g/mol. The molecule has 2 rings (SSSR count). The molecule has 0 aliphatic carbocycles. The van der Waals surface area contributed by atoms with E-state index in [2.05, 4.69) is 4.99 Å². The molecule has 0 amide bonds. The molecule has 0 spiro atoms. The molecule has 0 radical (unpaired) electrons. The van der Waals surface area contributed by atoms with Crippen LogP contribution in [0.3, 0.4) is 0 Å². The Kier molecular flexibility index (Phi) is 7.95. The van der Waals surface area contributed by atoms with Gasteiger partial charge in [-0.2, -0.15) is 0 Å². The van der Waals surface area contributed by atoms with Gasteiger partial charge in [-0.1, -0.05) is 36.5 Å². The number of hydrogen-bond acceptors (Lipinski definition) is 4. The lowest BCUT2D eigenvalue weighted by molar-refractivity contribution is 0.384. The van der Waals surface area contributed by atoms with Crippen molar-refractivity contribution in [3.8, 4) is 5.88 Å². The summed E-state index contributed by atoms with van der Waals surface area (Å²) in [5.41, 5.74) is -0.901. The highest BCUT2D eigenvalue weighted by atomic mass is 35.5. The molecule has 27 heavy (non-hydrogen) atoms. The second-order valence-electron chi connectivity index (χ2n) is 5.88. The van der Waals surface area contributed by atoms with Gasteiger partial charge in [0.25, 0.3) is 5.56 Å². The molecular weight excluding hydrogens is 413 g/mol. The van der Waals surface area contributed by atoms with Crippen LogP contribution in [0.2, 0.25) is 10.0 Å². The van der Waals surface area contributed by atoms with Crippen LogP contribution in [0.4, 0.5) is 5.69 Å². The predicted molar refractivity (Wildman–Crippen MR) is 111 cm³/mol. The maximum Gasteiger partial charge on any atom is 0.333 e. The number of unbranched alkanes of at least 4 members (excludes halogenated alkanes) is 1. The quantitative estimate of drug-likeness (QED) is 0.501. The van der Waals surface area contributed by atoms with E-state index in [1.807, 2.05) is 6.92 Å². The third kappa shape index (κ3) is 5.15. The molecule has 6 nitrogen and oxygen atoms in total. The maximum atomic E-state index is 12.7. The Morgan fingerprint density at radius 2 is 1.85 bits per heavy atom. The van der Waals surface area contributed by atoms with E-state index in [-0.39, 0.29) is 18.7 Å². The SMILES string of the molecule is CCCCn1c(=O)c(C=Nc2cc(Cl)ccc2Cl)c(O)n(CCCCl)c1=O. The normalized spacial score (nSPS) is 11.4. The third-order valence-corrected chi connectivity index (χ3v) is 4.75. The van der Waals surface area contributed by atoms with E-state index in [0.717, 1.165) is 15.6 Å². The van der Waals surface area contributed by atoms with Gasteiger partial charge in [0.05, 0.1) is 10.7 Å². The highest BCUT2D eigenvalue weighted by Gasteiger charge is 2.17. The molecular formula is C18H20Cl3N3O3. The lowest BCUT2D eigenvalue weighted by Gasteiger charge is -2.13. The average molecular weight is 433 g/mol. The molecule has 0 aliphatic rings. The topological polar surface area (TPSA) is 76.6 Å². The molecule has 2 aromatic rings. The minimum atomic E-state index is -0.602. The van der Waals surface area contributed by atoms with Crippen LogP contribution in [0.15, 0.2) is 32.8 Å². The summed E-state index contributed by atoms with van der Waals surface area (Å²) in [5, 5.41) is 11.3. The molecule has 9 heteroatoms. The number of rotatable bonds is 8. The molecule has 1 aromatic heterocycles. The Morgan fingerprint density at radius 1 is 1.15 bits per heavy atom. The molecule has 0 saturated carbocycles. The van der Waals surface area contributed by atoms with Crippen LogP contribution in [0.5, 0.6) is 5.88 Å². The van der Waals surface area contributed by atoms with Crippen molar-refractivity contribution in [2.45, 2.75) is 39.3 Å². The Balaban J connectivity index is 2.59. The number of halogens is 3. The van der Waals surface area contributed by atoms with Crippen molar-refractivity contribution in [1.82, 2.24) is 9.13 Å². The smallest absolute Gasteiger partial charge is 0.333 e. The summed E-state index contributed by atoms with van der Waals surface area (Å²) in [4.78, 5) is 29.5. The second kappa shape index (κ2) is 9.97. The van der Waals surface area contributed by atoms with Crippen molar-refractivity contribution in [3.05, 3.63) is 54.6 Å². The van der Waals surface area contributed by atoms with E-state index in [0.29, 0.717) is 34.5 Å². The van der Waals surface area contributed by atoms with Gasteiger partial charge in [-0.25, -0.2) is 4.79 Å². The number of aromatic hydroxyl groups is 1. The van der Waals surface area contributed by atoms with Gasteiger partial charge < -0.3 is 5.11 Å². The number of aromatic nitrogens is 2. The fourth-order valence-electron chi connectivity index (χ4n) is 2.47. The molecule has 1 aromatic carbocycles. The van der Waals surface area contributed by atoms with Crippen molar-refractivity contribution in [3.63, 3.8) is 0 Å². The summed E-state index contributed by atoms with van der Waals surface area (Å²) < 4.78 is 2.25. The van der Waals surface area contributed by atoms with Gasteiger partial charge in [0.1, 0.15) is 5.56 Å². The van der Waals surface area contributed by atoms with Crippen molar-refractivity contribution < 1.29 is 5.11 Å². The minimum absolute atomic E-state index is 0.0867. The van der Waals surface area contributed by atoms with Crippen LogP contribution in [0.25, 0.3) is 0 Å². The zero-order chi connectivity index (χ0) is 20.0. The first kappa shape index (κ1) is 21.5. The molecule has 0 unspecified atom stereocenters. The molecule has 0 saturated heterocycles. The van der Waals surface area contributed by atoms with Gasteiger partial charge in [-0.3, -0.25) is 18.9 Å². The van der Waals surface area contributed by atoms with E-state index in [9.17, 15) is 14.7 Å². The number of benzene rings is 1. The average Bonchev–Trinajstić information content (AvgIpc) is 2.64. The van der Waals surface area contributed by atoms with Gasteiger partial charge >= 0.3 is 5.69 Å². The van der Waals surface area contributed by atoms with Crippen LogP contribution >= 0.6 is 34.8 Å². The van der Waals surface area contributed by atoms with Crippen LogP contribution in [-0.2, 0) is 13.1 Å². The Morgan fingerprint density at radius 3 is 2.52 bits per heavy atom. The first-order valence-corrected chi connectivity index (χ1v) is 9.81. The Hall–Kier alpha value is -1.76. The van der Waals surface area contributed by atoms with Gasteiger partial charge in [0.15, 0.2) is 0 Å². The van der Waals surface area contributed by atoms with E-state index in [1.54, 1.807) is 12.1 Å². The zero-order valence-electron chi connectivity index (χ0n) is 14.8. The second-order valence-corrected chi connectivity index (χ2v) is 7.10. The molecule has 0 bridgehead atoms. The zero-order valence-corrected chi connectivity index (χ0v) is 17.1. The van der Waals surface area contributed by atoms with E-state index < -0.39 is 17.1 Å². The van der Waals surface area contributed by atoms with Crippen LogP contribution in [-0.4, -0.2) is 26.3 Å². The highest BCUT2D eigenvalue weighted by Crippen LogP contribution is 2.28. The minimum Gasteiger partial charge on any atom is -0.494 e. The summed E-state index contributed by atoms with van der Waals surface area (Å²) in [6.07, 6.45) is 3.15. The molecule has 0 fully saturated rings. The number of aliphatic imine (C=N–C) groups is 1. The summed E-state index contributed by atoms with van der Waals surface area (Å²) in [6.45, 7) is 2.41. The van der Waals surface area contributed by atoms with Crippen molar-refractivity contribution in [2.24, 2.45) is 4.99 Å². The lowest BCUT2D eigenvalue weighted by atomic mass is 10.3. The maximum absolute atomic E-state index is 12.7. The Labute approximate surface area is 171 Å². The summed E-state index contributed by atoms with van der Waals surface area (Å²) in [6, 6.07) is 4.73. The van der Waals surface area contributed by atoms with Gasteiger partial charge in [0.2, 0.25) is 5.88 Å². The molecule has 1 N–H and O–H groups in total. The number of nitrogens with zero attached hydrogens (tertiary/aromatic N) is 3. The number of hydrogen-bond donors (Lipinski definition) is 1. The molecule has 0 aliphatic heterocycles. The largest absolute Gasteiger partial charge is 0.494 e. The fourth-order valence-corrected chi connectivity index (χ4v) is 2.93. The highest BCUT2D eigenvalue weighted by molar-refractivity contribution is 6.35. The summed E-state index contributed by atoms with van der Waals surface area (Å²) in [5.74, 6) is -0.119. The van der Waals surface area contributed by atoms with Gasteiger partial charge in [0, 0.05) is 30.2 Å². The molecule has 1 heterocycles. The first-order chi connectivity index (χ1) is 12.9. The molecule has 0 atom stereocenters. The van der Waals surface area contributed by atoms with Crippen LogP contribution in [0.1, 0.15) is 31.7 Å². The first-order valence-electron chi connectivity index (χ1n) is 8.52. The van der Waals surface area contributed by atoms with E-state index >= 15 is 0 Å². The number of alkyl halides is 1.